The second kappa shape index (κ2) is 4.04. The van der Waals surface area contributed by atoms with Crippen molar-refractivity contribution in [1.29, 1.82) is 0 Å². The lowest BCUT2D eigenvalue weighted by Crippen LogP contribution is -2.23. The molecule has 0 nitrogen and oxygen atoms in total. The van der Waals surface area contributed by atoms with Crippen LogP contribution in [-0.4, -0.2) is 10.5 Å². The smallest absolute Gasteiger partial charge is 0.00552 e. The molecule has 0 N–H and O–H groups in total. The zero-order valence-corrected chi connectivity index (χ0v) is 9.82. The van der Waals surface area contributed by atoms with Crippen LogP contribution in [0.2, 0.25) is 0 Å². The number of rotatable bonds is 2. The normalized spacial score (nSPS) is 44.8. The van der Waals surface area contributed by atoms with Crippen molar-refractivity contribution in [3.05, 3.63) is 0 Å². The fourth-order valence-corrected chi connectivity index (χ4v) is 4.35. The van der Waals surface area contributed by atoms with Gasteiger partial charge in [-0.2, -0.15) is 11.8 Å². The van der Waals surface area contributed by atoms with E-state index < -0.39 is 0 Å². The van der Waals surface area contributed by atoms with Crippen LogP contribution in [0.5, 0.6) is 0 Å². The third-order valence-electron chi connectivity index (χ3n) is 3.62. The molecule has 0 amide bonds. The van der Waals surface area contributed by atoms with Crippen LogP contribution < -0.4 is 0 Å². The molecule has 72 valence electrons. The zero-order chi connectivity index (χ0) is 9.30. The molecule has 1 saturated heterocycles. The first-order chi connectivity index (χ1) is 5.57. The van der Waals surface area contributed by atoms with E-state index in [9.17, 15) is 0 Å². The van der Waals surface area contributed by atoms with Crippen LogP contribution >= 0.6 is 11.8 Å². The predicted octanol–water partition coefficient (Wildman–Crippen LogP) is 3.81. The van der Waals surface area contributed by atoms with E-state index in [1.54, 1.807) is 0 Å². The van der Waals surface area contributed by atoms with Gasteiger partial charge in [0.25, 0.3) is 0 Å². The molecule has 0 spiro atoms. The van der Waals surface area contributed by atoms with Crippen LogP contribution in [0.4, 0.5) is 0 Å². The number of thioether (sulfide) groups is 1. The summed E-state index contributed by atoms with van der Waals surface area (Å²) in [6, 6.07) is 0. The summed E-state index contributed by atoms with van der Waals surface area (Å²) in [5, 5.41) is 1.75. The van der Waals surface area contributed by atoms with Crippen molar-refractivity contribution in [3.8, 4) is 0 Å². The number of hydrogen-bond acceptors (Lipinski definition) is 1. The van der Waals surface area contributed by atoms with Crippen LogP contribution in [0.1, 0.15) is 41.0 Å². The van der Waals surface area contributed by atoms with E-state index in [1.165, 1.54) is 6.42 Å². The third-order valence-corrected chi connectivity index (χ3v) is 5.22. The maximum atomic E-state index is 2.43. The van der Waals surface area contributed by atoms with Gasteiger partial charge in [-0.15, -0.1) is 0 Å². The van der Waals surface area contributed by atoms with Crippen molar-refractivity contribution in [2.75, 3.05) is 0 Å². The van der Waals surface area contributed by atoms with E-state index in [0.717, 1.165) is 28.3 Å². The average Bonchev–Trinajstić information content (AvgIpc) is 2.26. The van der Waals surface area contributed by atoms with Crippen molar-refractivity contribution >= 4 is 11.8 Å². The van der Waals surface area contributed by atoms with Gasteiger partial charge in [0.2, 0.25) is 0 Å². The fraction of sp³-hybridized carbons (Fsp3) is 1.00. The highest BCUT2D eigenvalue weighted by molar-refractivity contribution is 8.00. The molecule has 0 saturated carbocycles. The van der Waals surface area contributed by atoms with Gasteiger partial charge in [0.1, 0.15) is 0 Å². The zero-order valence-electron chi connectivity index (χ0n) is 9.00. The topological polar surface area (TPSA) is 0 Å². The fourth-order valence-electron chi connectivity index (χ4n) is 2.55. The molecule has 1 rings (SSSR count). The van der Waals surface area contributed by atoms with Gasteiger partial charge in [-0.1, -0.05) is 41.0 Å². The highest BCUT2D eigenvalue weighted by Crippen LogP contribution is 2.46. The van der Waals surface area contributed by atoms with Crippen LogP contribution in [0.3, 0.4) is 0 Å². The molecule has 0 aromatic heterocycles. The molecule has 0 aromatic rings. The quantitative estimate of drug-likeness (QED) is 0.632. The minimum Gasteiger partial charge on any atom is -0.155 e. The molecular weight excluding hydrogens is 164 g/mol. The van der Waals surface area contributed by atoms with Gasteiger partial charge in [-0.05, 0) is 17.8 Å². The Morgan fingerprint density at radius 2 is 1.75 bits per heavy atom. The van der Waals surface area contributed by atoms with Crippen molar-refractivity contribution in [1.82, 2.24) is 0 Å². The van der Waals surface area contributed by atoms with Gasteiger partial charge in [-0.3, -0.25) is 0 Å². The van der Waals surface area contributed by atoms with E-state index in [4.69, 9.17) is 0 Å². The summed E-state index contributed by atoms with van der Waals surface area (Å²) in [6.45, 7) is 11.9. The minimum absolute atomic E-state index is 0.874. The minimum atomic E-state index is 0.874. The second-order valence-corrected chi connectivity index (χ2v) is 6.13. The van der Waals surface area contributed by atoms with Crippen molar-refractivity contribution < 1.29 is 0 Å². The molecule has 5 atom stereocenters. The summed E-state index contributed by atoms with van der Waals surface area (Å²) in [7, 11) is 0. The summed E-state index contributed by atoms with van der Waals surface area (Å²) in [6.07, 6.45) is 1.34. The lowest BCUT2D eigenvalue weighted by Gasteiger charge is -2.25. The van der Waals surface area contributed by atoms with Crippen LogP contribution in [0.15, 0.2) is 0 Å². The molecule has 1 fully saturated rings. The highest BCUT2D eigenvalue weighted by Gasteiger charge is 2.38. The molecule has 0 bridgehead atoms. The molecule has 1 heterocycles. The first-order valence-corrected chi connectivity index (χ1v) is 6.17. The standard InChI is InChI=1S/C11H22S/c1-6-7(2)11-8(3)9(4)12-10(11)5/h7-11H,6H2,1-5H3/t7-,8?,9?,10?,11?/m1/s1. The molecule has 1 aliphatic heterocycles. The van der Waals surface area contributed by atoms with Gasteiger partial charge < -0.3 is 0 Å². The van der Waals surface area contributed by atoms with Crippen LogP contribution in [0, 0.1) is 17.8 Å². The lowest BCUT2D eigenvalue weighted by molar-refractivity contribution is 0.265. The van der Waals surface area contributed by atoms with Gasteiger partial charge in [0.05, 0.1) is 0 Å². The van der Waals surface area contributed by atoms with E-state index in [0.29, 0.717) is 0 Å². The van der Waals surface area contributed by atoms with E-state index in [-0.39, 0.29) is 0 Å². The lowest BCUT2D eigenvalue weighted by atomic mass is 9.79. The average molecular weight is 186 g/mol. The molecular formula is C11H22S. The van der Waals surface area contributed by atoms with E-state index in [1.807, 2.05) is 0 Å². The Morgan fingerprint density at radius 1 is 1.17 bits per heavy atom. The number of hydrogen-bond donors (Lipinski definition) is 0. The molecule has 12 heavy (non-hydrogen) atoms. The van der Waals surface area contributed by atoms with E-state index in [2.05, 4.69) is 46.4 Å². The van der Waals surface area contributed by atoms with Crippen molar-refractivity contribution in [2.45, 2.75) is 51.5 Å². The summed E-state index contributed by atoms with van der Waals surface area (Å²) in [5.41, 5.74) is 0. The Kier molecular flexibility index (Phi) is 3.51. The van der Waals surface area contributed by atoms with Gasteiger partial charge >= 0.3 is 0 Å². The van der Waals surface area contributed by atoms with Crippen molar-refractivity contribution in [3.63, 3.8) is 0 Å². The largest absolute Gasteiger partial charge is 0.155 e. The first kappa shape index (κ1) is 10.4. The summed E-state index contributed by atoms with van der Waals surface area (Å²) in [4.78, 5) is 0. The van der Waals surface area contributed by atoms with Crippen LogP contribution in [0.25, 0.3) is 0 Å². The summed E-state index contributed by atoms with van der Waals surface area (Å²) >= 11 is 2.18. The Hall–Kier alpha value is 0.350. The summed E-state index contributed by atoms with van der Waals surface area (Å²) < 4.78 is 0. The highest BCUT2D eigenvalue weighted by atomic mass is 32.2. The van der Waals surface area contributed by atoms with E-state index >= 15 is 0 Å². The van der Waals surface area contributed by atoms with Gasteiger partial charge in [0, 0.05) is 10.5 Å². The molecule has 1 aliphatic rings. The van der Waals surface area contributed by atoms with Gasteiger partial charge in [0.15, 0.2) is 0 Å². The van der Waals surface area contributed by atoms with Crippen LogP contribution in [-0.2, 0) is 0 Å². The molecule has 1 heteroatoms. The molecule has 0 aromatic carbocycles. The SMILES string of the molecule is CC[C@@H](C)C1C(C)SC(C)C1C. The predicted molar refractivity (Wildman–Crippen MR) is 58.6 cm³/mol. The maximum absolute atomic E-state index is 2.43. The Morgan fingerprint density at radius 3 is 2.08 bits per heavy atom. The summed E-state index contributed by atoms with van der Waals surface area (Å²) in [5.74, 6) is 2.78. The van der Waals surface area contributed by atoms with Crippen molar-refractivity contribution in [2.24, 2.45) is 17.8 Å². The molecule has 4 unspecified atom stereocenters. The maximum Gasteiger partial charge on any atom is 0.00552 e. The Balaban J connectivity index is 2.62. The Bertz CT molecular complexity index is 140. The molecule has 0 aliphatic carbocycles. The molecule has 0 radical (unpaired) electrons. The van der Waals surface area contributed by atoms with Gasteiger partial charge in [-0.25, -0.2) is 0 Å². The first-order valence-electron chi connectivity index (χ1n) is 5.23. The second-order valence-electron chi connectivity index (χ2n) is 4.37. The third kappa shape index (κ3) is 1.81. The Labute approximate surface area is 81.5 Å². The monoisotopic (exact) mass is 186 g/mol.